The topological polar surface area (TPSA) is 81.1 Å². The van der Waals surface area contributed by atoms with Crippen molar-refractivity contribution < 1.29 is 14.4 Å². The number of nitrogens with zero attached hydrogens (tertiary/aromatic N) is 2. The van der Waals surface area contributed by atoms with Crippen molar-refractivity contribution in [2.45, 2.75) is 32.9 Å². The lowest BCUT2D eigenvalue weighted by atomic mass is 9.99. The van der Waals surface area contributed by atoms with Gasteiger partial charge in [0.2, 0.25) is 17.5 Å². The van der Waals surface area contributed by atoms with Crippen LogP contribution in [0.2, 0.25) is 0 Å². The highest BCUT2D eigenvalue weighted by molar-refractivity contribution is 6.23. The van der Waals surface area contributed by atoms with Gasteiger partial charge in [0.25, 0.3) is 0 Å². The number of ketones is 2. The molecule has 0 fully saturated rings. The van der Waals surface area contributed by atoms with Crippen LogP contribution in [-0.4, -0.2) is 27.0 Å². The number of hydrogen-bond donors (Lipinski definition) is 1. The van der Waals surface area contributed by atoms with Crippen molar-refractivity contribution in [2.24, 2.45) is 0 Å². The second-order valence-electron chi connectivity index (χ2n) is 4.88. The van der Waals surface area contributed by atoms with Crippen molar-refractivity contribution in [1.82, 2.24) is 14.9 Å². The molecule has 1 aliphatic heterocycles. The number of amides is 1. The summed E-state index contributed by atoms with van der Waals surface area (Å²) in [4.78, 5) is 39.4. The van der Waals surface area contributed by atoms with Gasteiger partial charge in [-0.05, 0) is 19.4 Å². The Hall–Kier alpha value is -2.24. The Morgan fingerprint density at radius 1 is 1.47 bits per heavy atom. The molecule has 19 heavy (non-hydrogen) atoms. The van der Waals surface area contributed by atoms with Gasteiger partial charge < -0.3 is 9.88 Å². The van der Waals surface area contributed by atoms with Crippen LogP contribution in [0.3, 0.4) is 0 Å². The van der Waals surface area contributed by atoms with Crippen molar-refractivity contribution >= 4 is 17.5 Å². The molecule has 1 aromatic rings. The minimum Gasteiger partial charge on any atom is -0.346 e. The Kier molecular flexibility index (Phi) is 2.41. The summed E-state index contributed by atoms with van der Waals surface area (Å²) in [6.07, 6.45) is 2.01. The molecule has 0 aromatic carbocycles. The van der Waals surface area contributed by atoms with E-state index in [4.69, 9.17) is 0 Å². The first kappa shape index (κ1) is 11.8. The van der Waals surface area contributed by atoms with Crippen molar-refractivity contribution in [3.63, 3.8) is 0 Å². The lowest BCUT2D eigenvalue weighted by molar-refractivity contribution is -0.119. The molecule has 1 aliphatic carbocycles. The predicted octanol–water partition coefficient (Wildman–Crippen LogP) is 0.789. The Morgan fingerprint density at radius 2 is 2.21 bits per heavy atom. The highest BCUT2D eigenvalue weighted by atomic mass is 16.2. The van der Waals surface area contributed by atoms with Crippen molar-refractivity contribution in [3.05, 3.63) is 28.9 Å². The maximum absolute atomic E-state index is 12.1. The van der Waals surface area contributed by atoms with E-state index in [9.17, 15) is 14.4 Å². The summed E-state index contributed by atoms with van der Waals surface area (Å²) in [6, 6.07) is -0.219. The molecule has 0 saturated heterocycles. The molecule has 2 aliphatic rings. The largest absolute Gasteiger partial charge is 0.346 e. The van der Waals surface area contributed by atoms with E-state index in [0.717, 1.165) is 0 Å². The van der Waals surface area contributed by atoms with Crippen LogP contribution in [0, 0.1) is 0 Å². The molecule has 0 saturated carbocycles. The van der Waals surface area contributed by atoms with E-state index in [1.807, 2.05) is 0 Å². The molecular weight excluding hydrogens is 246 g/mol. The first-order valence-electron chi connectivity index (χ1n) is 6.14. The first-order chi connectivity index (χ1) is 8.99. The normalized spacial score (nSPS) is 20.9. The van der Waals surface area contributed by atoms with Gasteiger partial charge in [-0.1, -0.05) is 0 Å². The lowest BCUT2D eigenvalue weighted by Gasteiger charge is -2.09. The molecule has 1 amide bonds. The minimum absolute atomic E-state index is 0.147. The van der Waals surface area contributed by atoms with E-state index >= 15 is 0 Å². The first-order valence-corrected chi connectivity index (χ1v) is 6.14. The highest BCUT2D eigenvalue weighted by Gasteiger charge is 2.36. The summed E-state index contributed by atoms with van der Waals surface area (Å²) in [6.45, 7) is 3.66. The van der Waals surface area contributed by atoms with Gasteiger partial charge >= 0.3 is 0 Å². The van der Waals surface area contributed by atoms with E-state index in [1.54, 1.807) is 11.5 Å². The van der Waals surface area contributed by atoms with Crippen molar-refractivity contribution in [1.29, 1.82) is 0 Å². The predicted molar refractivity (Wildman–Crippen MR) is 65.8 cm³/mol. The molecule has 1 aromatic heterocycles. The standard InChI is InChI=1S/C13H13N3O3/c1-6-5-9(18)10-11(12(6)19)16-4-3-8(13(16)15-10)14-7(2)17/h5,8H,3-4H2,1-2H3,(H,14,17). The molecule has 0 bridgehead atoms. The van der Waals surface area contributed by atoms with Gasteiger partial charge in [0, 0.05) is 19.0 Å². The zero-order chi connectivity index (χ0) is 13.7. The number of hydrogen-bond acceptors (Lipinski definition) is 4. The van der Waals surface area contributed by atoms with Crippen LogP contribution < -0.4 is 5.32 Å². The average molecular weight is 259 g/mol. The smallest absolute Gasteiger partial charge is 0.217 e. The van der Waals surface area contributed by atoms with Crippen LogP contribution in [0.15, 0.2) is 11.6 Å². The van der Waals surface area contributed by atoms with Gasteiger partial charge in [0.15, 0.2) is 0 Å². The molecular formula is C13H13N3O3. The number of allylic oxidation sites excluding steroid dienone is 2. The zero-order valence-corrected chi connectivity index (χ0v) is 10.7. The van der Waals surface area contributed by atoms with Gasteiger partial charge in [-0.3, -0.25) is 14.4 Å². The zero-order valence-electron chi connectivity index (χ0n) is 10.7. The number of carbonyl (C=O) groups is 3. The molecule has 2 heterocycles. The third kappa shape index (κ3) is 1.63. The number of Topliss-reactive ketones (excluding diaryl/α,β-unsaturated/α-hetero) is 1. The van der Waals surface area contributed by atoms with E-state index in [1.165, 1.54) is 13.0 Å². The maximum Gasteiger partial charge on any atom is 0.217 e. The van der Waals surface area contributed by atoms with Crippen LogP contribution in [-0.2, 0) is 11.3 Å². The highest BCUT2D eigenvalue weighted by Crippen LogP contribution is 2.31. The number of nitrogens with one attached hydrogen (secondary N) is 1. The Morgan fingerprint density at radius 3 is 2.89 bits per heavy atom. The van der Waals surface area contributed by atoms with Gasteiger partial charge in [-0.2, -0.15) is 0 Å². The third-order valence-electron chi connectivity index (χ3n) is 3.48. The quantitative estimate of drug-likeness (QED) is 0.808. The summed E-state index contributed by atoms with van der Waals surface area (Å²) in [5.41, 5.74) is 1.01. The summed E-state index contributed by atoms with van der Waals surface area (Å²) in [7, 11) is 0. The van der Waals surface area contributed by atoms with Gasteiger partial charge in [0.05, 0.1) is 6.04 Å². The Labute approximate surface area is 109 Å². The summed E-state index contributed by atoms with van der Waals surface area (Å²) >= 11 is 0. The number of imidazole rings is 1. The summed E-state index contributed by atoms with van der Waals surface area (Å²) < 4.78 is 1.76. The second-order valence-corrected chi connectivity index (χ2v) is 4.88. The summed E-state index contributed by atoms with van der Waals surface area (Å²) in [5, 5.41) is 2.79. The maximum atomic E-state index is 12.1. The van der Waals surface area contributed by atoms with Crippen LogP contribution in [0.4, 0.5) is 0 Å². The molecule has 1 N–H and O–H groups in total. The van der Waals surface area contributed by atoms with Gasteiger partial charge in [-0.25, -0.2) is 4.98 Å². The minimum atomic E-state index is -0.240. The molecule has 6 heteroatoms. The van der Waals surface area contributed by atoms with Crippen molar-refractivity contribution in [3.8, 4) is 0 Å². The fourth-order valence-corrected chi connectivity index (χ4v) is 2.65. The van der Waals surface area contributed by atoms with Crippen LogP contribution in [0.5, 0.6) is 0 Å². The Bertz CT molecular complexity index is 654. The van der Waals surface area contributed by atoms with E-state index < -0.39 is 0 Å². The van der Waals surface area contributed by atoms with Crippen molar-refractivity contribution in [2.75, 3.05) is 0 Å². The van der Waals surface area contributed by atoms with E-state index in [0.29, 0.717) is 30.1 Å². The number of aromatic nitrogens is 2. The third-order valence-corrected chi connectivity index (χ3v) is 3.48. The molecule has 0 radical (unpaired) electrons. The summed E-state index contributed by atoms with van der Waals surface area (Å²) in [5.74, 6) is 0.0591. The fourth-order valence-electron chi connectivity index (χ4n) is 2.65. The number of rotatable bonds is 1. The molecule has 1 atom stereocenters. The van der Waals surface area contributed by atoms with Crippen LogP contribution in [0.25, 0.3) is 0 Å². The molecule has 98 valence electrons. The average Bonchev–Trinajstić information content (AvgIpc) is 2.86. The molecule has 0 spiro atoms. The van der Waals surface area contributed by atoms with Crippen LogP contribution in [0.1, 0.15) is 53.1 Å². The SMILES string of the molecule is CC(=O)NC1CCn2c1nc1c2C(=O)C(C)=CC1=O. The van der Waals surface area contributed by atoms with Gasteiger partial charge in [-0.15, -0.1) is 0 Å². The number of fused-ring (bicyclic) bond motifs is 3. The van der Waals surface area contributed by atoms with Gasteiger partial charge in [0.1, 0.15) is 17.2 Å². The Balaban J connectivity index is 2.09. The molecule has 3 rings (SSSR count). The fraction of sp³-hybridized carbons (Fsp3) is 0.385. The van der Waals surface area contributed by atoms with E-state index in [-0.39, 0.29) is 29.2 Å². The number of carbonyl (C=O) groups excluding carboxylic acids is 3. The van der Waals surface area contributed by atoms with E-state index in [2.05, 4.69) is 10.3 Å². The van der Waals surface area contributed by atoms with Crippen LogP contribution >= 0.6 is 0 Å². The monoisotopic (exact) mass is 259 g/mol. The second kappa shape index (κ2) is 3.88. The molecule has 6 nitrogen and oxygen atoms in total. The molecule has 1 unspecified atom stereocenters. The lowest BCUT2D eigenvalue weighted by Crippen LogP contribution is -2.24.